The SMILES string of the molecule is Fc1ccccc1Nc1ncnc2cc(OCCOC(F)F)c(OCCOC(F)F)cc12. The van der Waals surface area contributed by atoms with Gasteiger partial charge in [-0.15, -0.1) is 0 Å². The molecule has 0 amide bonds. The van der Waals surface area contributed by atoms with Crippen LogP contribution in [0.4, 0.5) is 33.5 Å². The molecule has 0 spiro atoms. The smallest absolute Gasteiger partial charge is 0.345 e. The highest BCUT2D eigenvalue weighted by atomic mass is 19.3. The molecule has 32 heavy (non-hydrogen) atoms. The summed E-state index contributed by atoms with van der Waals surface area (Å²) in [5, 5.41) is 3.27. The van der Waals surface area contributed by atoms with Gasteiger partial charge >= 0.3 is 13.2 Å². The maximum absolute atomic E-state index is 14.0. The van der Waals surface area contributed by atoms with Crippen LogP contribution in [0.5, 0.6) is 11.5 Å². The van der Waals surface area contributed by atoms with Crippen molar-refractivity contribution in [2.75, 3.05) is 31.7 Å². The van der Waals surface area contributed by atoms with Crippen molar-refractivity contribution in [3.63, 3.8) is 0 Å². The van der Waals surface area contributed by atoms with Crippen LogP contribution in [-0.4, -0.2) is 49.6 Å². The molecule has 1 N–H and O–H groups in total. The zero-order valence-electron chi connectivity index (χ0n) is 16.4. The van der Waals surface area contributed by atoms with Gasteiger partial charge in [-0.1, -0.05) is 12.1 Å². The number of alkyl halides is 4. The third-order valence-corrected chi connectivity index (χ3v) is 4.00. The zero-order valence-corrected chi connectivity index (χ0v) is 16.4. The molecule has 0 aliphatic heterocycles. The molecule has 0 bridgehead atoms. The molecule has 0 fully saturated rings. The second-order valence-electron chi connectivity index (χ2n) is 6.10. The molecule has 0 unspecified atom stereocenters. The number of hydrogen-bond acceptors (Lipinski definition) is 7. The van der Waals surface area contributed by atoms with Crippen molar-refractivity contribution in [2.24, 2.45) is 0 Å². The molecule has 0 radical (unpaired) electrons. The average Bonchev–Trinajstić information content (AvgIpc) is 2.76. The van der Waals surface area contributed by atoms with Gasteiger partial charge in [-0.05, 0) is 18.2 Å². The highest BCUT2D eigenvalue weighted by molar-refractivity contribution is 5.93. The van der Waals surface area contributed by atoms with Crippen LogP contribution in [0.15, 0.2) is 42.7 Å². The van der Waals surface area contributed by atoms with Gasteiger partial charge in [0, 0.05) is 11.5 Å². The van der Waals surface area contributed by atoms with Gasteiger partial charge < -0.3 is 24.3 Å². The van der Waals surface area contributed by atoms with Crippen LogP contribution in [0.1, 0.15) is 0 Å². The van der Waals surface area contributed by atoms with Gasteiger partial charge in [0.1, 0.15) is 31.2 Å². The number of nitrogens with zero attached hydrogens (tertiary/aromatic N) is 2. The molecule has 2 aromatic carbocycles. The summed E-state index contributed by atoms with van der Waals surface area (Å²) < 4.78 is 81.9. The van der Waals surface area contributed by atoms with Gasteiger partial charge in [0.25, 0.3) is 0 Å². The summed E-state index contributed by atoms with van der Waals surface area (Å²) in [5.74, 6) is -0.0398. The highest BCUT2D eigenvalue weighted by Gasteiger charge is 2.14. The first-order chi connectivity index (χ1) is 15.4. The summed E-state index contributed by atoms with van der Waals surface area (Å²) in [6.07, 6.45) is 1.24. The lowest BCUT2D eigenvalue weighted by Crippen LogP contribution is -2.12. The molecule has 3 aromatic rings. The molecule has 1 aromatic heterocycles. The Morgan fingerprint density at radius 1 is 0.812 bits per heavy atom. The summed E-state index contributed by atoms with van der Waals surface area (Å²) in [7, 11) is 0. The van der Waals surface area contributed by atoms with Gasteiger partial charge in [-0.3, -0.25) is 0 Å². The summed E-state index contributed by atoms with van der Waals surface area (Å²) in [4.78, 5) is 8.24. The van der Waals surface area contributed by atoms with Crippen molar-refractivity contribution in [3.8, 4) is 11.5 Å². The number of fused-ring (bicyclic) bond motifs is 1. The normalized spacial score (nSPS) is 11.3. The first-order valence-electron chi connectivity index (χ1n) is 9.29. The highest BCUT2D eigenvalue weighted by Crippen LogP contribution is 2.35. The number of hydrogen-bond donors (Lipinski definition) is 1. The maximum atomic E-state index is 14.0. The predicted molar refractivity (Wildman–Crippen MR) is 104 cm³/mol. The van der Waals surface area contributed by atoms with Crippen LogP contribution in [0.25, 0.3) is 10.9 Å². The van der Waals surface area contributed by atoms with Crippen LogP contribution in [0.3, 0.4) is 0 Å². The predicted octanol–water partition coefficient (Wildman–Crippen LogP) is 4.75. The van der Waals surface area contributed by atoms with Crippen LogP contribution >= 0.6 is 0 Å². The van der Waals surface area contributed by atoms with Crippen LogP contribution in [0, 0.1) is 5.82 Å². The Bertz CT molecular complexity index is 1030. The molecule has 3 rings (SSSR count). The Hall–Kier alpha value is -3.25. The van der Waals surface area contributed by atoms with Gasteiger partial charge in [0.2, 0.25) is 0 Å². The summed E-state index contributed by atoms with van der Waals surface area (Å²) in [6, 6.07) is 8.88. The molecule has 1 heterocycles. The molecule has 12 heteroatoms. The zero-order chi connectivity index (χ0) is 22.9. The standard InChI is InChI=1S/C20H18F5N3O4/c21-13-3-1-2-4-14(13)28-18-12-9-16(29-5-7-31-19(22)23)17(10-15(12)26-11-27-18)30-6-8-32-20(24)25/h1-4,9-11,19-20H,5-8H2,(H,26,27,28). The number of ether oxygens (including phenoxy) is 4. The fourth-order valence-electron chi connectivity index (χ4n) is 2.66. The summed E-state index contributed by atoms with van der Waals surface area (Å²) in [5.41, 5.74) is 0.546. The van der Waals surface area contributed by atoms with E-state index in [4.69, 9.17) is 9.47 Å². The van der Waals surface area contributed by atoms with Gasteiger partial charge in [0.05, 0.1) is 24.4 Å². The molecule has 0 saturated heterocycles. The van der Waals surface area contributed by atoms with Crippen molar-refractivity contribution in [1.82, 2.24) is 9.97 Å². The number of para-hydroxylation sites is 1. The average molecular weight is 459 g/mol. The van der Waals surface area contributed by atoms with Crippen molar-refractivity contribution < 1.29 is 40.9 Å². The van der Waals surface area contributed by atoms with E-state index in [1.807, 2.05) is 0 Å². The van der Waals surface area contributed by atoms with Crippen molar-refractivity contribution in [2.45, 2.75) is 13.2 Å². The number of anilines is 2. The van der Waals surface area contributed by atoms with Crippen LogP contribution in [0.2, 0.25) is 0 Å². The van der Waals surface area contributed by atoms with Crippen molar-refractivity contribution >= 4 is 22.4 Å². The quantitative estimate of drug-likeness (QED) is 0.310. The fourth-order valence-corrected chi connectivity index (χ4v) is 2.66. The minimum Gasteiger partial charge on any atom is -0.487 e. The second kappa shape index (κ2) is 11.4. The largest absolute Gasteiger partial charge is 0.487 e. The van der Waals surface area contributed by atoms with E-state index in [1.165, 1.54) is 36.7 Å². The van der Waals surface area contributed by atoms with E-state index in [0.717, 1.165) is 0 Å². The molecule has 172 valence electrons. The lowest BCUT2D eigenvalue weighted by Gasteiger charge is -2.15. The lowest BCUT2D eigenvalue weighted by atomic mass is 10.2. The lowest BCUT2D eigenvalue weighted by molar-refractivity contribution is -0.134. The number of halogens is 5. The van der Waals surface area contributed by atoms with Crippen molar-refractivity contribution in [1.29, 1.82) is 0 Å². The Balaban J connectivity index is 1.87. The third-order valence-electron chi connectivity index (χ3n) is 4.00. The molecular weight excluding hydrogens is 441 g/mol. The molecule has 0 aliphatic rings. The van der Waals surface area contributed by atoms with E-state index in [1.54, 1.807) is 6.07 Å². The first-order valence-corrected chi connectivity index (χ1v) is 9.29. The number of benzene rings is 2. The molecule has 0 saturated carbocycles. The molecule has 0 atom stereocenters. The minimum absolute atomic E-state index is 0.0961. The first kappa shape index (κ1) is 23.4. The second-order valence-corrected chi connectivity index (χ2v) is 6.10. The van der Waals surface area contributed by atoms with E-state index >= 15 is 0 Å². The van der Waals surface area contributed by atoms with Gasteiger partial charge in [-0.2, -0.15) is 17.6 Å². The van der Waals surface area contributed by atoms with Crippen LogP contribution in [-0.2, 0) is 9.47 Å². The van der Waals surface area contributed by atoms with Crippen molar-refractivity contribution in [3.05, 3.63) is 48.5 Å². The Morgan fingerprint density at radius 3 is 2.06 bits per heavy atom. The van der Waals surface area contributed by atoms with Gasteiger partial charge in [-0.25, -0.2) is 14.4 Å². The molecule has 7 nitrogen and oxygen atoms in total. The Kier molecular flexibility index (Phi) is 8.34. The van der Waals surface area contributed by atoms with E-state index in [9.17, 15) is 22.0 Å². The van der Waals surface area contributed by atoms with E-state index in [2.05, 4.69) is 24.8 Å². The molecular formula is C20H18F5N3O4. The Labute approximate surface area is 179 Å². The minimum atomic E-state index is -2.96. The van der Waals surface area contributed by atoms with Gasteiger partial charge in [0.15, 0.2) is 11.5 Å². The number of rotatable bonds is 12. The fraction of sp³-hybridized carbons (Fsp3) is 0.300. The summed E-state index contributed by atoms with van der Waals surface area (Å²) in [6.45, 7) is -7.18. The Morgan fingerprint density at radius 2 is 1.44 bits per heavy atom. The third kappa shape index (κ3) is 6.62. The monoisotopic (exact) mass is 459 g/mol. The van der Waals surface area contributed by atoms with E-state index in [-0.39, 0.29) is 36.2 Å². The number of aromatic nitrogens is 2. The topological polar surface area (TPSA) is 74.7 Å². The number of nitrogens with one attached hydrogen (secondary N) is 1. The molecule has 0 aliphatic carbocycles. The van der Waals surface area contributed by atoms with E-state index < -0.39 is 32.3 Å². The van der Waals surface area contributed by atoms with E-state index in [0.29, 0.717) is 10.9 Å². The summed E-state index contributed by atoms with van der Waals surface area (Å²) >= 11 is 0. The maximum Gasteiger partial charge on any atom is 0.345 e. The van der Waals surface area contributed by atoms with Crippen LogP contribution < -0.4 is 14.8 Å².